The molecular weight excluding hydrogens is 385 g/mol. The molecule has 2 aromatic carbocycles. The maximum atomic E-state index is 13.2. The average Bonchev–Trinajstić information content (AvgIpc) is 2.71. The quantitative estimate of drug-likeness (QED) is 0.758. The van der Waals surface area contributed by atoms with E-state index in [1.807, 2.05) is 41.8 Å². The monoisotopic (exact) mass is 413 g/mol. The van der Waals surface area contributed by atoms with E-state index >= 15 is 0 Å². The standard InChI is InChI=1S/C23H28FN3O3/c1-17-6-7-18(2)21(14-17)30-13-8-23(29)27-11-9-26(10-12-27)16-22(28)25-20-5-3-4-19(24)15-20/h3-7,14-15H,8-13,16H2,1-2H3,(H,25,28). The molecule has 30 heavy (non-hydrogen) atoms. The van der Waals surface area contributed by atoms with Gasteiger partial charge >= 0.3 is 0 Å². The van der Waals surface area contributed by atoms with Crippen LogP contribution in [0.1, 0.15) is 17.5 Å². The predicted molar refractivity (Wildman–Crippen MR) is 114 cm³/mol. The third-order valence-electron chi connectivity index (χ3n) is 5.12. The first-order chi connectivity index (χ1) is 14.4. The van der Waals surface area contributed by atoms with Gasteiger partial charge in [-0.15, -0.1) is 0 Å². The Hall–Kier alpha value is -2.93. The molecule has 7 heteroatoms. The molecule has 1 heterocycles. The Labute approximate surface area is 176 Å². The highest BCUT2D eigenvalue weighted by molar-refractivity contribution is 5.92. The number of piperazine rings is 1. The Kier molecular flexibility index (Phi) is 7.41. The molecule has 0 aromatic heterocycles. The summed E-state index contributed by atoms with van der Waals surface area (Å²) < 4.78 is 19.0. The number of halogens is 1. The van der Waals surface area contributed by atoms with Gasteiger partial charge in [-0.3, -0.25) is 14.5 Å². The number of anilines is 1. The van der Waals surface area contributed by atoms with Gasteiger partial charge in [0.1, 0.15) is 11.6 Å². The second-order valence-corrected chi connectivity index (χ2v) is 7.58. The zero-order chi connectivity index (χ0) is 21.5. The molecule has 160 valence electrons. The first kappa shape index (κ1) is 21.8. The summed E-state index contributed by atoms with van der Waals surface area (Å²) in [4.78, 5) is 28.4. The Morgan fingerprint density at radius 3 is 2.57 bits per heavy atom. The lowest BCUT2D eigenvalue weighted by atomic mass is 10.1. The normalized spacial score (nSPS) is 14.4. The van der Waals surface area contributed by atoms with Gasteiger partial charge in [0.15, 0.2) is 0 Å². The summed E-state index contributed by atoms with van der Waals surface area (Å²) in [6.45, 7) is 6.97. The van der Waals surface area contributed by atoms with Crippen LogP contribution in [0.5, 0.6) is 5.75 Å². The van der Waals surface area contributed by atoms with Gasteiger partial charge < -0.3 is 15.0 Å². The van der Waals surface area contributed by atoms with Crippen LogP contribution < -0.4 is 10.1 Å². The smallest absolute Gasteiger partial charge is 0.238 e. The van der Waals surface area contributed by atoms with Crippen molar-refractivity contribution in [1.29, 1.82) is 0 Å². The lowest BCUT2D eigenvalue weighted by Gasteiger charge is -2.34. The summed E-state index contributed by atoms with van der Waals surface area (Å²) in [5.41, 5.74) is 2.62. The SMILES string of the molecule is Cc1ccc(C)c(OCCC(=O)N2CCN(CC(=O)Nc3cccc(F)c3)CC2)c1. The van der Waals surface area contributed by atoms with Crippen molar-refractivity contribution in [1.82, 2.24) is 9.80 Å². The number of carbonyl (C=O) groups is 2. The van der Waals surface area contributed by atoms with Crippen LogP contribution in [-0.2, 0) is 9.59 Å². The van der Waals surface area contributed by atoms with Gasteiger partial charge in [-0.25, -0.2) is 4.39 Å². The zero-order valence-electron chi connectivity index (χ0n) is 17.5. The largest absolute Gasteiger partial charge is 0.493 e. The highest BCUT2D eigenvalue weighted by Gasteiger charge is 2.22. The second kappa shape index (κ2) is 10.2. The Bertz CT molecular complexity index is 895. The number of aryl methyl sites for hydroxylation is 2. The fraction of sp³-hybridized carbons (Fsp3) is 0.391. The van der Waals surface area contributed by atoms with Crippen molar-refractivity contribution in [3.63, 3.8) is 0 Å². The van der Waals surface area contributed by atoms with Gasteiger partial charge in [-0.05, 0) is 49.2 Å². The number of ether oxygens (including phenoxy) is 1. The Morgan fingerprint density at radius 1 is 1.07 bits per heavy atom. The maximum Gasteiger partial charge on any atom is 0.238 e. The van der Waals surface area contributed by atoms with Gasteiger partial charge in [0.2, 0.25) is 11.8 Å². The molecule has 1 saturated heterocycles. The first-order valence-corrected chi connectivity index (χ1v) is 10.2. The number of nitrogens with one attached hydrogen (secondary N) is 1. The molecule has 0 atom stereocenters. The maximum absolute atomic E-state index is 13.2. The van der Waals surface area contributed by atoms with Gasteiger partial charge in [0.25, 0.3) is 0 Å². The van der Waals surface area contributed by atoms with Crippen LogP contribution in [0.25, 0.3) is 0 Å². The predicted octanol–water partition coefficient (Wildman–Crippen LogP) is 2.99. The van der Waals surface area contributed by atoms with Crippen molar-refractivity contribution in [2.75, 3.05) is 44.6 Å². The van der Waals surface area contributed by atoms with Crippen molar-refractivity contribution in [3.8, 4) is 5.75 Å². The van der Waals surface area contributed by atoms with Gasteiger partial charge in [-0.2, -0.15) is 0 Å². The fourth-order valence-electron chi connectivity index (χ4n) is 3.39. The molecule has 2 amide bonds. The number of amides is 2. The van der Waals surface area contributed by atoms with Gasteiger partial charge in [0.05, 0.1) is 19.6 Å². The van der Waals surface area contributed by atoms with Crippen molar-refractivity contribution in [3.05, 3.63) is 59.4 Å². The van der Waals surface area contributed by atoms with E-state index in [2.05, 4.69) is 5.32 Å². The molecule has 1 aliphatic rings. The molecule has 0 unspecified atom stereocenters. The van der Waals surface area contributed by atoms with E-state index in [9.17, 15) is 14.0 Å². The minimum Gasteiger partial charge on any atom is -0.493 e. The summed E-state index contributed by atoms with van der Waals surface area (Å²) in [5, 5.41) is 2.70. The molecule has 0 saturated carbocycles. The third-order valence-corrected chi connectivity index (χ3v) is 5.12. The fourth-order valence-corrected chi connectivity index (χ4v) is 3.39. The van der Waals surface area contributed by atoms with Crippen LogP contribution in [0.4, 0.5) is 10.1 Å². The average molecular weight is 413 g/mol. The number of carbonyl (C=O) groups excluding carboxylic acids is 2. The van der Waals surface area contributed by atoms with Crippen LogP contribution in [0.3, 0.4) is 0 Å². The van der Waals surface area contributed by atoms with E-state index in [0.29, 0.717) is 44.9 Å². The molecule has 3 rings (SSSR count). The van der Waals surface area contributed by atoms with Crippen molar-refractivity contribution in [2.45, 2.75) is 20.3 Å². The van der Waals surface area contributed by atoms with Crippen LogP contribution in [0.15, 0.2) is 42.5 Å². The van der Waals surface area contributed by atoms with Crippen molar-refractivity contribution < 1.29 is 18.7 Å². The molecule has 0 spiro atoms. The highest BCUT2D eigenvalue weighted by atomic mass is 19.1. The molecule has 6 nitrogen and oxygen atoms in total. The molecule has 2 aromatic rings. The molecule has 1 N–H and O–H groups in total. The van der Waals surface area contributed by atoms with Crippen LogP contribution in [-0.4, -0.2) is 60.9 Å². The van der Waals surface area contributed by atoms with Crippen LogP contribution in [0.2, 0.25) is 0 Å². The molecule has 1 aliphatic heterocycles. The van der Waals surface area contributed by atoms with E-state index < -0.39 is 0 Å². The molecule has 1 fully saturated rings. The molecule has 0 bridgehead atoms. The minimum atomic E-state index is -0.388. The molecule has 0 radical (unpaired) electrons. The number of rotatable bonds is 7. The summed E-state index contributed by atoms with van der Waals surface area (Å²) in [5.74, 6) is 0.296. The number of hydrogen-bond acceptors (Lipinski definition) is 4. The van der Waals surface area contributed by atoms with Crippen molar-refractivity contribution in [2.24, 2.45) is 0 Å². The first-order valence-electron chi connectivity index (χ1n) is 10.2. The number of benzene rings is 2. The van der Waals surface area contributed by atoms with Crippen LogP contribution >= 0.6 is 0 Å². The summed E-state index contributed by atoms with van der Waals surface area (Å²) >= 11 is 0. The molecule has 0 aliphatic carbocycles. The lowest BCUT2D eigenvalue weighted by molar-refractivity contribution is -0.133. The molecular formula is C23H28FN3O3. The lowest BCUT2D eigenvalue weighted by Crippen LogP contribution is -2.50. The summed E-state index contributed by atoms with van der Waals surface area (Å²) in [6, 6.07) is 11.8. The van der Waals surface area contributed by atoms with Crippen molar-refractivity contribution >= 4 is 17.5 Å². The van der Waals surface area contributed by atoms with Gasteiger partial charge in [-0.1, -0.05) is 18.2 Å². The Balaban J connectivity index is 1.37. The highest BCUT2D eigenvalue weighted by Crippen LogP contribution is 2.19. The number of nitrogens with zero attached hydrogens (tertiary/aromatic N) is 2. The summed E-state index contributed by atoms with van der Waals surface area (Å²) in [6.07, 6.45) is 0.327. The van der Waals surface area contributed by atoms with E-state index in [4.69, 9.17) is 4.74 Å². The summed E-state index contributed by atoms with van der Waals surface area (Å²) in [7, 11) is 0. The van der Waals surface area contributed by atoms with E-state index in [0.717, 1.165) is 16.9 Å². The van der Waals surface area contributed by atoms with Gasteiger partial charge in [0, 0.05) is 31.9 Å². The number of hydrogen-bond donors (Lipinski definition) is 1. The zero-order valence-corrected chi connectivity index (χ0v) is 17.5. The second-order valence-electron chi connectivity index (χ2n) is 7.58. The van der Waals surface area contributed by atoms with Crippen LogP contribution in [0, 0.1) is 19.7 Å². The van der Waals surface area contributed by atoms with E-state index in [-0.39, 0.29) is 24.2 Å². The third kappa shape index (κ3) is 6.29. The van der Waals surface area contributed by atoms with E-state index in [1.54, 1.807) is 12.1 Å². The Morgan fingerprint density at radius 2 is 1.83 bits per heavy atom. The van der Waals surface area contributed by atoms with E-state index in [1.165, 1.54) is 12.1 Å². The minimum absolute atomic E-state index is 0.0594. The topological polar surface area (TPSA) is 61.9 Å².